The van der Waals surface area contributed by atoms with E-state index in [-0.39, 0.29) is 24.0 Å². The summed E-state index contributed by atoms with van der Waals surface area (Å²) in [5, 5.41) is 6.68. The molecule has 0 radical (unpaired) electrons. The lowest BCUT2D eigenvalue weighted by Crippen LogP contribution is -2.38. The Morgan fingerprint density at radius 2 is 1.92 bits per heavy atom. The molecule has 0 saturated heterocycles. The fourth-order valence-electron chi connectivity index (χ4n) is 2.57. The molecule has 0 spiro atoms. The van der Waals surface area contributed by atoms with Crippen molar-refractivity contribution in [3.63, 3.8) is 0 Å². The van der Waals surface area contributed by atoms with Gasteiger partial charge in [0.05, 0.1) is 12.0 Å². The van der Waals surface area contributed by atoms with Crippen molar-refractivity contribution in [1.82, 2.24) is 25.2 Å². The van der Waals surface area contributed by atoms with E-state index in [9.17, 15) is 0 Å². The molecule has 136 valence electrons. The van der Waals surface area contributed by atoms with Gasteiger partial charge >= 0.3 is 0 Å². The SMILES string of the molecule is CN=C(NCCc1ccccn1)NCc1ccccc1-n1ccnc1.I. The van der Waals surface area contributed by atoms with Gasteiger partial charge in [-0.2, -0.15) is 0 Å². The van der Waals surface area contributed by atoms with E-state index < -0.39 is 0 Å². The lowest BCUT2D eigenvalue weighted by atomic mass is 10.1. The van der Waals surface area contributed by atoms with Crippen molar-refractivity contribution in [3.8, 4) is 5.69 Å². The molecule has 0 unspecified atom stereocenters. The predicted molar refractivity (Wildman–Crippen MR) is 115 cm³/mol. The van der Waals surface area contributed by atoms with Gasteiger partial charge in [-0.1, -0.05) is 24.3 Å². The smallest absolute Gasteiger partial charge is 0.191 e. The highest BCUT2D eigenvalue weighted by atomic mass is 127. The van der Waals surface area contributed by atoms with Gasteiger partial charge in [-0.05, 0) is 23.8 Å². The van der Waals surface area contributed by atoms with Crippen LogP contribution in [0.4, 0.5) is 0 Å². The second-order valence-corrected chi connectivity index (χ2v) is 5.52. The molecule has 0 bridgehead atoms. The summed E-state index contributed by atoms with van der Waals surface area (Å²) in [6, 6.07) is 14.2. The number of rotatable bonds is 6. The molecule has 7 heteroatoms. The van der Waals surface area contributed by atoms with E-state index in [2.05, 4.69) is 37.7 Å². The summed E-state index contributed by atoms with van der Waals surface area (Å²) in [6.07, 6.45) is 8.20. The molecule has 2 N–H and O–H groups in total. The summed E-state index contributed by atoms with van der Waals surface area (Å²) in [4.78, 5) is 12.7. The minimum absolute atomic E-state index is 0. The van der Waals surface area contributed by atoms with E-state index >= 15 is 0 Å². The van der Waals surface area contributed by atoms with Crippen LogP contribution in [0.1, 0.15) is 11.3 Å². The first-order valence-corrected chi connectivity index (χ1v) is 8.27. The van der Waals surface area contributed by atoms with Crippen LogP contribution in [-0.4, -0.2) is 34.1 Å². The number of hydrogen-bond acceptors (Lipinski definition) is 3. The summed E-state index contributed by atoms with van der Waals surface area (Å²) in [5.74, 6) is 0.774. The van der Waals surface area contributed by atoms with Crippen LogP contribution in [0.2, 0.25) is 0 Å². The lowest BCUT2D eigenvalue weighted by molar-refractivity contribution is 0.781. The fourth-order valence-corrected chi connectivity index (χ4v) is 2.57. The molecule has 2 aromatic heterocycles. The maximum Gasteiger partial charge on any atom is 0.191 e. The number of aliphatic imine (C=N–C) groups is 1. The van der Waals surface area contributed by atoms with Crippen molar-refractivity contribution in [2.45, 2.75) is 13.0 Å². The minimum atomic E-state index is 0. The average Bonchev–Trinajstić information content (AvgIpc) is 3.20. The first-order chi connectivity index (χ1) is 12.4. The molecule has 3 rings (SSSR count). The molecule has 0 aliphatic rings. The van der Waals surface area contributed by atoms with Gasteiger partial charge in [0.25, 0.3) is 0 Å². The molecule has 1 aromatic carbocycles. The highest BCUT2D eigenvalue weighted by molar-refractivity contribution is 14.0. The van der Waals surface area contributed by atoms with Crippen LogP contribution in [0.15, 0.2) is 72.4 Å². The third kappa shape index (κ3) is 5.55. The zero-order valence-corrected chi connectivity index (χ0v) is 17.0. The van der Waals surface area contributed by atoms with E-state index in [0.29, 0.717) is 6.54 Å². The number of halogens is 1. The Labute approximate surface area is 170 Å². The third-order valence-electron chi connectivity index (χ3n) is 3.84. The summed E-state index contributed by atoms with van der Waals surface area (Å²) in [6.45, 7) is 1.46. The summed E-state index contributed by atoms with van der Waals surface area (Å²) < 4.78 is 2.01. The van der Waals surface area contributed by atoms with Crippen LogP contribution >= 0.6 is 24.0 Å². The largest absolute Gasteiger partial charge is 0.356 e. The van der Waals surface area contributed by atoms with Crippen LogP contribution in [0, 0.1) is 0 Å². The number of hydrogen-bond donors (Lipinski definition) is 2. The monoisotopic (exact) mass is 462 g/mol. The van der Waals surface area contributed by atoms with Gasteiger partial charge in [0.1, 0.15) is 0 Å². The lowest BCUT2D eigenvalue weighted by Gasteiger charge is -2.14. The molecule has 0 aliphatic carbocycles. The maximum atomic E-state index is 4.33. The van der Waals surface area contributed by atoms with Gasteiger partial charge in [-0.3, -0.25) is 9.98 Å². The van der Waals surface area contributed by atoms with Crippen LogP contribution in [-0.2, 0) is 13.0 Å². The molecule has 0 fully saturated rings. The zero-order chi connectivity index (χ0) is 17.3. The van der Waals surface area contributed by atoms with Gasteiger partial charge in [0.15, 0.2) is 5.96 Å². The Balaban J connectivity index is 0.00000243. The normalized spacial score (nSPS) is 10.9. The van der Waals surface area contributed by atoms with Crippen LogP contribution in [0.3, 0.4) is 0 Å². The summed E-state index contributed by atoms with van der Waals surface area (Å²) in [7, 11) is 1.78. The maximum absolute atomic E-state index is 4.33. The molecule has 0 amide bonds. The van der Waals surface area contributed by atoms with Crippen molar-refractivity contribution < 1.29 is 0 Å². The topological polar surface area (TPSA) is 67.1 Å². The van der Waals surface area contributed by atoms with Crippen molar-refractivity contribution in [3.05, 3.63) is 78.6 Å². The first kappa shape index (κ1) is 19.9. The first-order valence-electron chi connectivity index (χ1n) is 8.27. The summed E-state index contributed by atoms with van der Waals surface area (Å²) >= 11 is 0. The molecule has 0 saturated carbocycles. The zero-order valence-electron chi connectivity index (χ0n) is 14.7. The average molecular weight is 462 g/mol. The van der Waals surface area contributed by atoms with E-state index in [1.54, 1.807) is 19.6 Å². The summed E-state index contributed by atoms with van der Waals surface area (Å²) in [5.41, 5.74) is 3.35. The highest BCUT2D eigenvalue weighted by Crippen LogP contribution is 2.13. The standard InChI is InChI=1S/C19H22N6.HI/c1-20-19(23-11-9-17-7-4-5-10-22-17)24-14-16-6-2-3-8-18(16)25-13-12-21-15-25;/h2-8,10,12-13,15H,9,11,14H2,1H3,(H2,20,23,24);1H. The van der Waals surface area contributed by atoms with Crippen molar-refractivity contribution in [2.24, 2.45) is 4.99 Å². The third-order valence-corrected chi connectivity index (χ3v) is 3.84. The quantitative estimate of drug-likeness (QED) is 0.336. The second kappa shape index (κ2) is 10.5. The Morgan fingerprint density at radius 1 is 1.08 bits per heavy atom. The number of nitrogens with one attached hydrogen (secondary N) is 2. The van der Waals surface area contributed by atoms with Gasteiger partial charge in [0.2, 0.25) is 0 Å². The van der Waals surface area contributed by atoms with E-state index in [4.69, 9.17) is 0 Å². The van der Waals surface area contributed by atoms with E-state index in [0.717, 1.165) is 30.3 Å². The van der Waals surface area contributed by atoms with Crippen molar-refractivity contribution in [2.75, 3.05) is 13.6 Å². The molecule has 6 nitrogen and oxygen atoms in total. The number of imidazole rings is 1. The molecule has 0 atom stereocenters. The van der Waals surface area contributed by atoms with E-state index in [1.165, 1.54) is 5.56 Å². The molecular formula is C19H23IN6. The number of benzene rings is 1. The molecule has 2 heterocycles. The Morgan fingerprint density at radius 3 is 2.65 bits per heavy atom. The van der Waals surface area contributed by atoms with E-state index in [1.807, 2.05) is 47.3 Å². The Bertz CT molecular complexity index is 802. The number of guanidine groups is 1. The second-order valence-electron chi connectivity index (χ2n) is 5.52. The number of aromatic nitrogens is 3. The fraction of sp³-hybridized carbons (Fsp3) is 0.211. The molecule has 26 heavy (non-hydrogen) atoms. The minimum Gasteiger partial charge on any atom is -0.356 e. The van der Waals surface area contributed by atoms with Gasteiger partial charge in [-0.15, -0.1) is 24.0 Å². The number of nitrogens with zero attached hydrogens (tertiary/aromatic N) is 4. The van der Waals surface area contributed by atoms with Gasteiger partial charge in [-0.25, -0.2) is 4.98 Å². The Hall–Kier alpha value is -2.42. The molecule has 0 aliphatic heterocycles. The molecule has 3 aromatic rings. The van der Waals surface area contributed by atoms with Gasteiger partial charge < -0.3 is 15.2 Å². The van der Waals surface area contributed by atoms with Crippen molar-refractivity contribution in [1.29, 1.82) is 0 Å². The Kier molecular flexibility index (Phi) is 8.07. The molecular weight excluding hydrogens is 439 g/mol. The van der Waals surface area contributed by atoms with Crippen LogP contribution < -0.4 is 10.6 Å². The van der Waals surface area contributed by atoms with Crippen LogP contribution in [0.25, 0.3) is 5.69 Å². The van der Waals surface area contributed by atoms with Gasteiger partial charge in [0, 0.05) is 50.8 Å². The predicted octanol–water partition coefficient (Wildman–Crippen LogP) is 2.79. The highest BCUT2D eigenvalue weighted by Gasteiger charge is 2.05. The number of para-hydroxylation sites is 1. The number of pyridine rings is 1. The van der Waals surface area contributed by atoms with Crippen LogP contribution in [0.5, 0.6) is 0 Å². The van der Waals surface area contributed by atoms with Crippen molar-refractivity contribution >= 4 is 29.9 Å².